The lowest BCUT2D eigenvalue weighted by atomic mass is 9.85. The third-order valence-electron chi connectivity index (χ3n) is 3.83. The summed E-state index contributed by atoms with van der Waals surface area (Å²) in [6.07, 6.45) is 1.21. The Balaban J connectivity index is 2.53. The van der Waals surface area contributed by atoms with Gasteiger partial charge in [-0.15, -0.1) is 0 Å². The van der Waals surface area contributed by atoms with Crippen molar-refractivity contribution < 1.29 is 5.11 Å². The van der Waals surface area contributed by atoms with Gasteiger partial charge in [0.1, 0.15) is 0 Å². The van der Waals surface area contributed by atoms with Gasteiger partial charge >= 0.3 is 0 Å². The van der Waals surface area contributed by atoms with Crippen molar-refractivity contribution in [1.82, 2.24) is 0 Å². The third kappa shape index (κ3) is 1.78. The molecule has 1 unspecified atom stereocenters. The van der Waals surface area contributed by atoms with E-state index in [0.717, 1.165) is 5.56 Å². The lowest BCUT2D eigenvalue weighted by molar-refractivity contribution is 0.0785. The first kappa shape index (κ1) is 11.7. The van der Waals surface area contributed by atoms with Crippen molar-refractivity contribution in [3.05, 3.63) is 34.9 Å². The van der Waals surface area contributed by atoms with E-state index in [0.29, 0.717) is 5.92 Å². The molecule has 88 valence electrons. The van der Waals surface area contributed by atoms with Crippen molar-refractivity contribution in [2.24, 2.45) is 0 Å². The van der Waals surface area contributed by atoms with Gasteiger partial charge in [0, 0.05) is 0 Å². The maximum Gasteiger partial charge on any atom is 0.0840 e. The summed E-state index contributed by atoms with van der Waals surface area (Å²) in [6.45, 7) is 10.6. The third-order valence-corrected chi connectivity index (χ3v) is 3.83. The minimum Gasteiger partial charge on any atom is -0.386 e. The summed E-state index contributed by atoms with van der Waals surface area (Å²) in [7, 11) is 0. The highest BCUT2D eigenvalue weighted by Gasteiger charge is 2.35. The van der Waals surface area contributed by atoms with E-state index in [1.807, 2.05) is 13.8 Å². The van der Waals surface area contributed by atoms with Crippen molar-refractivity contribution in [1.29, 1.82) is 0 Å². The fraction of sp³-hybridized carbons (Fsp3) is 0.600. The molecular formula is C15H22O. The van der Waals surface area contributed by atoms with Crippen molar-refractivity contribution in [2.45, 2.75) is 58.0 Å². The van der Waals surface area contributed by atoms with E-state index >= 15 is 0 Å². The monoisotopic (exact) mass is 218 g/mol. The van der Waals surface area contributed by atoms with Crippen LogP contribution in [0.3, 0.4) is 0 Å². The van der Waals surface area contributed by atoms with Gasteiger partial charge in [-0.2, -0.15) is 0 Å². The first-order valence-electron chi connectivity index (χ1n) is 6.09. The van der Waals surface area contributed by atoms with E-state index in [-0.39, 0.29) is 5.41 Å². The number of benzene rings is 1. The van der Waals surface area contributed by atoms with Crippen LogP contribution in [0.2, 0.25) is 0 Å². The van der Waals surface area contributed by atoms with Crippen molar-refractivity contribution in [3.63, 3.8) is 0 Å². The van der Waals surface area contributed by atoms with Gasteiger partial charge in [-0.25, -0.2) is 0 Å². The quantitative estimate of drug-likeness (QED) is 0.762. The summed E-state index contributed by atoms with van der Waals surface area (Å²) in [6, 6.07) is 6.46. The van der Waals surface area contributed by atoms with E-state index in [1.54, 1.807) is 0 Å². The standard InChI is InChI=1S/C15H22O/c1-10-9-14(2,3)13-7-6-11(8-12(10)13)15(4,5)16/h6-8,10,16H,9H2,1-5H3. The Bertz CT molecular complexity index is 410. The van der Waals surface area contributed by atoms with Crippen molar-refractivity contribution in [2.75, 3.05) is 0 Å². The molecule has 0 spiro atoms. The van der Waals surface area contributed by atoms with Crippen molar-refractivity contribution in [3.8, 4) is 0 Å². The summed E-state index contributed by atoms with van der Waals surface area (Å²) in [5.74, 6) is 0.604. The van der Waals surface area contributed by atoms with E-state index < -0.39 is 5.60 Å². The van der Waals surface area contributed by atoms with Gasteiger partial charge in [-0.3, -0.25) is 0 Å². The lowest BCUT2D eigenvalue weighted by Crippen LogP contribution is -2.16. The molecule has 0 aromatic heterocycles. The maximum atomic E-state index is 10.0. The van der Waals surface area contributed by atoms with Crippen LogP contribution in [-0.2, 0) is 11.0 Å². The maximum absolute atomic E-state index is 10.0. The molecule has 1 aromatic carbocycles. The number of hydrogen-bond donors (Lipinski definition) is 1. The molecule has 1 heteroatoms. The molecule has 0 amide bonds. The SMILES string of the molecule is CC1CC(C)(C)c2ccc(C(C)(C)O)cc21. The Morgan fingerprint density at radius 2 is 1.94 bits per heavy atom. The van der Waals surface area contributed by atoms with Crippen LogP contribution in [-0.4, -0.2) is 5.11 Å². The molecule has 0 fully saturated rings. The average molecular weight is 218 g/mol. The largest absolute Gasteiger partial charge is 0.386 e. The van der Waals surface area contributed by atoms with Gasteiger partial charge in [-0.1, -0.05) is 39.0 Å². The minimum atomic E-state index is -0.735. The van der Waals surface area contributed by atoms with E-state index in [2.05, 4.69) is 39.0 Å². The minimum absolute atomic E-state index is 0.285. The molecule has 1 aromatic rings. The second-order valence-electron chi connectivity index (χ2n) is 6.35. The molecule has 0 heterocycles. The van der Waals surface area contributed by atoms with Gasteiger partial charge in [0.25, 0.3) is 0 Å². The lowest BCUT2D eigenvalue weighted by Gasteiger charge is -2.22. The first-order valence-corrected chi connectivity index (χ1v) is 6.09. The van der Waals surface area contributed by atoms with Crippen LogP contribution in [0.5, 0.6) is 0 Å². The van der Waals surface area contributed by atoms with Crippen LogP contribution in [0.15, 0.2) is 18.2 Å². The van der Waals surface area contributed by atoms with Crippen LogP contribution >= 0.6 is 0 Å². The number of rotatable bonds is 1. The predicted octanol–water partition coefficient (Wildman–Crippen LogP) is 3.70. The van der Waals surface area contributed by atoms with E-state index in [9.17, 15) is 5.11 Å². The Hall–Kier alpha value is -0.820. The topological polar surface area (TPSA) is 20.2 Å². The van der Waals surface area contributed by atoms with Crippen LogP contribution in [0.25, 0.3) is 0 Å². The van der Waals surface area contributed by atoms with Gasteiger partial charge in [0.15, 0.2) is 0 Å². The fourth-order valence-corrected chi connectivity index (χ4v) is 2.95. The molecule has 16 heavy (non-hydrogen) atoms. The molecule has 1 aliphatic rings. The van der Waals surface area contributed by atoms with Crippen molar-refractivity contribution >= 4 is 0 Å². The fourth-order valence-electron chi connectivity index (χ4n) is 2.95. The molecular weight excluding hydrogens is 196 g/mol. The highest BCUT2D eigenvalue weighted by Crippen LogP contribution is 2.46. The molecule has 2 rings (SSSR count). The highest BCUT2D eigenvalue weighted by molar-refractivity contribution is 5.44. The normalized spacial score (nSPS) is 23.2. The van der Waals surface area contributed by atoms with Crippen LogP contribution in [0.1, 0.15) is 63.6 Å². The van der Waals surface area contributed by atoms with Gasteiger partial charge < -0.3 is 5.11 Å². The Kier molecular flexibility index (Phi) is 2.43. The molecule has 1 aliphatic carbocycles. The van der Waals surface area contributed by atoms with Gasteiger partial charge in [0.05, 0.1) is 5.60 Å². The molecule has 0 saturated heterocycles. The zero-order chi connectivity index (χ0) is 12.1. The number of fused-ring (bicyclic) bond motifs is 1. The summed E-state index contributed by atoms with van der Waals surface area (Å²) < 4.78 is 0. The Morgan fingerprint density at radius 1 is 1.31 bits per heavy atom. The molecule has 0 saturated carbocycles. The summed E-state index contributed by atoms with van der Waals surface area (Å²) >= 11 is 0. The van der Waals surface area contributed by atoms with E-state index in [1.165, 1.54) is 17.5 Å². The average Bonchev–Trinajstić information content (AvgIpc) is 2.36. The molecule has 0 aliphatic heterocycles. The van der Waals surface area contributed by atoms with Crippen LogP contribution < -0.4 is 0 Å². The first-order chi connectivity index (χ1) is 7.22. The molecule has 0 radical (unpaired) electrons. The second kappa shape index (κ2) is 3.33. The van der Waals surface area contributed by atoms with Gasteiger partial charge in [0.2, 0.25) is 0 Å². The van der Waals surface area contributed by atoms with E-state index in [4.69, 9.17) is 0 Å². The van der Waals surface area contributed by atoms with Gasteiger partial charge in [-0.05, 0) is 48.3 Å². The number of aliphatic hydroxyl groups is 1. The second-order valence-corrected chi connectivity index (χ2v) is 6.35. The predicted molar refractivity (Wildman–Crippen MR) is 67.7 cm³/mol. The van der Waals surface area contributed by atoms with Crippen LogP contribution in [0, 0.1) is 0 Å². The highest BCUT2D eigenvalue weighted by atomic mass is 16.3. The molecule has 0 bridgehead atoms. The smallest absolute Gasteiger partial charge is 0.0840 e. The molecule has 1 N–H and O–H groups in total. The zero-order valence-electron chi connectivity index (χ0n) is 11.0. The molecule has 1 nitrogen and oxygen atoms in total. The zero-order valence-corrected chi connectivity index (χ0v) is 11.0. The summed E-state index contributed by atoms with van der Waals surface area (Å²) in [5, 5.41) is 10.0. The number of hydrogen-bond acceptors (Lipinski definition) is 1. The molecule has 1 atom stereocenters. The Morgan fingerprint density at radius 3 is 2.50 bits per heavy atom. The summed E-state index contributed by atoms with van der Waals surface area (Å²) in [4.78, 5) is 0. The Labute approximate surface area is 98.5 Å². The summed E-state index contributed by atoms with van der Waals surface area (Å²) in [5.41, 5.74) is 3.45. The van der Waals surface area contributed by atoms with Crippen LogP contribution in [0.4, 0.5) is 0 Å².